The Morgan fingerprint density at radius 1 is 1.25 bits per heavy atom. The van der Waals surface area contributed by atoms with Gasteiger partial charge in [0.1, 0.15) is 17.3 Å². The zero-order valence-electron chi connectivity index (χ0n) is 12.4. The lowest BCUT2D eigenvalue weighted by molar-refractivity contribution is 0.250. The molecule has 2 amide bonds. The van der Waals surface area contributed by atoms with E-state index in [1.54, 1.807) is 23.1 Å². The highest BCUT2D eigenvalue weighted by Crippen LogP contribution is 2.20. The average Bonchev–Trinajstić information content (AvgIpc) is 3.25. The number of thiophene rings is 1. The van der Waals surface area contributed by atoms with Crippen LogP contribution in [0.2, 0.25) is 0 Å². The Hall–Kier alpha value is -2.74. The summed E-state index contributed by atoms with van der Waals surface area (Å²) in [6.07, 6.45) is 3.44. The molecule has 3 rings (SSSR count). The number of benzene rings is 1. The fraction of sp³-hybridized carbons (Fsp3) is 0.125. The number of halogens is 2. The van der Waals surface area contributed by atoms with Gasteiger partial charge in [-0.15, -0.1) is 0 Å². The molecule has 2 heterocycles. The maximum absolute atomic E-state index is 13.6. The van der Waals surface area contributed by atoms with Crippen molar-refractivity contribution in [3.05, 3.63) is 70.7 Å². The number of amides is 2. The van der Waals surface area contributed by atoms with Crippen molar-refractivity contribution in [2.24, 2.45) is 0 Å². The van der Waals surface area contributed by atoms with Gasteiger partial charge in [-0.3, -0.25) is 4.68 Å². The van der Waals surface area contributed by atoms with Crippen molar-refractivity contribution in [3.8, 4) is 0 Å². The molecule has 1 unspecified atom stereocenters. The third-order valence-electron chi connectivity index (χ3n) is 3.43. The van der Waals surface area contributed by atoms with Gasteiger partial charge in [0.25, 0.3) is 0 Å². The molecule has 8 heteroatoms. The molecule has 0 saturated carbocycles. The topological polar surface area (TPSA) is 59.0 Å². The summed E-state index contributed by atoms with van der Waals surface area (Å²) in [5.41, 5.74) is 0.516. The maximum atomic E-state index is 13.6. The Bertz CT molecular complexity index is 751. The molecule has 124 valence electrons. The number of rotatable bonds is 5. The lowest BCUT2D eigenvalue weighted by atomic mass is 10.1. The molecular formula is C16H14F2N4OS. The van der Waals surface area contributed by atoms with Gasteiger partial charge in [-0.25, -0.2) is 13.6 Å². The number of carbonyl (C=O) groups excluding carboxylic acids is 1. The molecule has 0 saturated heterocycles. The predicted molar refractivity (Wildman–Crippen MR) is 88.1 cm³/mol. The molecule has 2 aromatic heterocycles. The Kier molecular flexibility index (Phi) is 4.85. The quantitative estimate of drug-likeness (QED) is 0.740. The highest BCUT2D eigenvalue weighted by molar-refractivity contribution is 7.07. The van der Waals surface area contributed by atoms with Crippen LogP contribution in [0.25, 0.3) is 0 Å². The predicted octanol–water partition coefficient (Wildman–Crippen LogP) is 3.63. The van der Waals surface area contributed by atoms with Crippen LogP contribution in [0.4, 0.5) is 19.3 Å². The van der Waals surface area contributed by atoms with E-state index in [0.29, 0.717) is 0 Å². The Balaban J connectivity index is 1.68. The lowest BCUT2D eigenvalue weighted by Gasteiger charge is -2.18. The number of hydrogen-bond acceptors (Lipinski definition) is 3. The summed E-state index contributed by atoms with van der Waals surface area (Å²) in [4.78, 5) is 12.0. The number of hydrogen-bond donors (Lipinski definition) is 2. The molecule has 5 nitrogen and oxygen atoms in total. The minimum Gasteiger partial charge on any atom is -0.335 e. The van der Waals surface area contributed by atoms with E-state index >= 15 is 0 Å². The number of nitrogens with zero attached hydrogens (tertiary/aromatic N) is 2. The van der Waals surface area contributed by atoms with Crippen LogP contribution in [-0.4, -0.2) is 22.4 Å². The van der Waals surface area contributed by atoms with E-state index in [9.17, 15) is 13.6 Å². The number of anilines is 1. The van der Waals surface area contributed by atoms with Gasteiger partial charge in [-0.1, -0.05) is 6.07 Å². The standard InChI is InChI=1S/C16H14F2N4OS/c17-12-3-1-4-13(18)15(12)21-16(23)19-9-14(11-5-8-24-10-11)22-7-2-6-20-22/h1-8,10,14H,9H2,(H2,19,21,23). The first-order chi connectivity index (χ1) is 11.6. The van der Waals surface area contributed by atoms with E-state index in [4.69, 9.17) is 0 Å². The Labute approximate surface area is 140 Å². The van der Waals surface area contributed by atoms with E-state index in [1.165, 1.54) is 17.4 Å². The summed E-state index contributed by atoms with van der Waals surface area (Å²) in [7, 11) is 0. The van der Waals surface area contributed by atoms with Crippen LogP contribution < -0.4 is 10.6 Å². The minimum absolute atomic E-state index is 0.206. The lowest BCUT2D eigenvalue weighted by Crippen LogP contribution is -2.35. The number of nitrogens with one attached hydrogen (secondary N) is 2. The van der Waals surface area contributed by atoms with Crippen molar-refractivity contribution >= 4 is 23.1 Å². The van der Waals surface area contributed by atoms with Crippen LogP contribution in [0, 0.1) is 11.6 Å². The summed E-state index contributed by atoms with van der Waals surface area (Å²) in [5, 5.41) is 12.9. The number of para-hydroxylation sites is 1. The van der Waals surface area contributed by atoms with E-state index in [-0.39, 0.29) is 12.6 Å². The first-order valence-corrected chi connectivity index (χ1v) is 8.09. The molecule has 0 radical (unpaired) electrons. The molecule has 0 bridgehead atoms. The fourth-order valence-electron chi connectivity index (χ4n) is 2.26. The van der Waals surface area contributed by atoms with Gasteiger partial charge < -0.3 is 10.6 Å². The van der Waals surface area contributed by atoms with E-state index in [1.807, 2.05) is 16.8 Å². The van der Waals surface area contributed by atoms with Crippen molar-refractivity contribution < 1.29 is 13.6 Å². The molecule has 1 atom stereocenters. The molecule has 0 aliphatic heterocycles. The second-order valence-corrected chi connectivity index (χ2v) is 5.77. The molecule has 24 heavy (non-hydrogen) atoms. The van der Waals surface area contributed by atoms with E-state index in [2.05, 4.69) is 15.7 Å². The SMILES string of the molecule is O=C(NCC(c1ccsc1)n1cccn1)Nc1c(F)cccc1F. The van der Waals surface area contributed by atoms with Crippen molar-refractivity contribution in [1.29, 1.82) is 0 Å². The van der Waals surface area contributed by atoms with E-state index in [0.717, 1.165) is 17.7 Å². The van der Waals surface area contributed by atoms with Gasteiger partial charge in [-0.05, 0) is 40.6 Å². The molecule has 0 spiro atoms. The fourth-order valence-corrected chi connectivity index (χ4v) is 2.97. The van der Waals surface area contributed by atoms with E-state index < -0.39 is 23.4 Å². The average molecular weight is 348 g/mol. The molecular weight excluding hydrogens is 334 g/mol. The highest BCUT2D eigenvalue weighted by Gasteiger charge is 2.17. The van der Waals surface area contributed by atoms with Crippen LogP contribution in [0.5, 0.6) is 0 Å². The second kappa shape index (κ2) is 7.22. The zero-order valence-corrected chi connectivity index (χ0v) is 13.3. The summed E-state index contributed by atoms with van der Waals surface area (Å²) in [6.45, 7) is 0.223. The van der Waals surface area contributed by atoms with Gasteiger partial charge >= 0.3 is 6.03 Å². The zero-order chi connectivity index (χ0) is 16.9. The highest BCUT2D eigenvalue weighted by atomic mass is 32.1. The smallest absolute Gasteiger partial charge is 0.319 e. The molecule has 0 aliphatic carbocycles. The first kappa shape index (κ1) is 16.1. The number of aromatic nitrogens is 2. The van der Waals surface area contributed by atoms with Crippen molar-refractivity contribution in [3.63, 3.8) is 0 Å². The summed E-state index contributed by atoms with van der Waals surface area (Å²) < 4.78 is 28.8. The van der Waals surface area contributed by atoms with Gasteiger partial charge in [0.15, 0.2) is 0 Å². The van der Waals surface area contributed by atoms with Crippen LogP contribution in [0.3, 0.4) is 0 Å². The summed E-state index contributed by atoms with van der Waals surface area (Å²) in [5.74, 6) is -1.65. The molecule has 2 N–H and O–H groups in total. The van der Waals surface area contributed by atoms with Gasteiger partial charge in [0.2, 0.25) is 0 Å². The van der Waals surface area contributed by atoms with Crippen LogP contribution in [0.1, 0.15) is 11.6 Å². The van der Waals surface area contributed by atoms with Crippen molar-refractivity contribution in [2.45, 2.75) is 6.04 Å². The third-order valence-corrected chi connectivity index (χ3v) is 4.13. The van der Waals surface area contributed by atoms with Crippen LogP contribution >= 0.6 is 11.3 Å². The van der Waals surface area contributed by atoms with Crippen molar-refractivity contribution in [2.75, 3.05) is 11.9 Å². The largest absolute Gasteiger partial charge is 0.335 e. The Morgan fingerprint density at radius 3 is 2.67 bits per heavy atom. The Morgan fingerprint density at radius 2 is 2.04 bits per heavy atom. The van der Waals surface area contributed by atoms with Gasteiger partial charge in [0.05, 0.1) is 6.04 Å². The van der Waals surface area contributed by atoms with Crippen LogP contribution in [-0.2, 0) is 0 Å². The number of urea groups is 1. The van der Waals surface area contributed by atoms with Crippen molar-refractivity contribution in [1.82, 2.24) is 15.1 Å². The molecule has 0 fully saturated rings. The third kappa shape index (κ3) is 3.60. The molecule has 0 aliphatic rings. The summed E-state index contributed by atoms with van der Waals surface area (Å²) >= 11 is 1.54. The van der Waals surface area contributed by atoms with Crippen LogP contribution in [0.15, 0.2) is 53.5 Å². The second-order valence-electron chi connectivity index (χ2n) is 4.99. The number of carbonyl (C=O) groups is 1. The molecule has 1 aromatic carbocycles. The minimum atomic E-state index is -0.827. The maximum Gasteiger partial charge on any atom is 0.319 e. The van der Waals surface area contributed by atoms with Gasteiger partial charge in [-0.2, -0.15) is 16.4 Å². The monoisotopic (exact) mass is 348 g/mol. The normalized spacial score (nSPS) is 11.9. The van der Waals surface area contributed by atoms with Gasteiger partial charge in [0, 0.05) is 18.9 Å². The first-order valence-electron chi connectivity index (χ1n) is 7.15. The summed E-state index contributed by atoms with van der Waals surface area (Å²) in [6, 6.07) is 6.22. The molecule has 3 aromatic rings.